The topological polar surface area (TPSA) is 32.3 Å². The summed E-state index contributed by atoms with van der Waals surface area (Å²) >= 11 is 1.91. The minimum atomic E-state index is -0.182. The second-order valence-corrected chi connectivity index (χ2v) is 6.18. The fourth-order valence-corrected chi connectivity index (χ4v) is 3.40. The van der Waals surface area contributed by atoms with E-state index in [1.807, 2.05) is 18.7 Å². The van der Waals surface area contributed by atoms with Gasteiger partial charge in [0.2, 0.25) is 0 Å². The van der Waals surface area contributed by atoms with Gasteiger partial charge in [-0.05, 0) is 44.9 Å². The van der Waals surface area contributed by atoms with Crippen molar-refractivity contribution in [3.63, 3.8) is 0 Å². The Labute approximate surface area is 98.2 Å². The van der Waals surface area contributed by atoms with E-state index in [2.05, 4.69) is 19.3 Å². The number of hydrogen-bond acceptors (Lipinski definition) is 3. The maximum absolute atomic E-state index is 9.38. The highest BCUT2D eigenvalue weighted by Gasteiger charge is 2.25. The van der Waals surface area contributed by atoms with Gasteiger partial charge >= 0.3 is 0 Å². The van der Waals surface area contributed by atoms with E-state index < -0.39 is 0 Å². The van der Waals surface area contributed by atoms with Gasteiger partial charge in [0.15, 0.2) is 0 Å². The summed E-state index contributed by atoms with van der Waals surface area (Å²) in [6.07, 6.45) is 5.23. The lowest BCUT2D eigenvalue weighted by molar-refractivity contribution is 0.196. The summed E-state index contributed by atoms with van der Waals surface area (Å²) in [6, 6.07) is 0.743. The van der Waals surface area contributed by atoms with Crippen molar-refractivity contribution in [2.75, 3.05) is 12.8 Å². The van der Waals surface area contributed by atoms with Gasteiger partial charge in [-0.3, -0.25) is 0 Å². The Morgan fingerprint density at radius 2 is 2.13 bits per heavy atom. The molecule has 1 aliphatic carbocycles. The second kappa shape index (κ2) is 6.77. The van der Waals surface area contributed by atoms with Crippen LogP contribution < -0.4 is 5.32 Å². The molecule has 90 valence electrons. The van der Waals surface area contributed by atoms with Crippen LogP contribution in [0.3, 0.4) is 0 Å². The minimum Gasteiger partial charge on any atom is -0.392 e. The van der Waals surface area contributed by atoms with Crippen molar-refractivity contribution < 1.29 is 5.11 Å². The predicted molar refractivity (Wildman–Crippen MR) is 68.4 cm³/mol. The molecule has 1 saturated carbocycles. The zero-order valence-corrected chi connectivity index (χ0v) is 11.0. The number of hydrogen-bond donors (Lipinski definition) is 2. The summed E-state index contributed by atoms with van der Waals surface area (Å²) in [5, 5.41) is 13.2. The molecule has 1 fully saturated rings. The van der Waals surface area contributed by atoms with Crippen molar-refractivity contribution in [2.45, 2.75) is 56.9 Å². The minimum absolute atomic E-state index is 0.182. The second-order valence-electron chi connectivity index (χ2n) is 4.69. The van der Waals surface area contributed by atoms with Crippen LogP contribution in [0, 0.1) is 5.92 Å². The summed E-state index contributed by atoms with van der Waals surface area (Å²) in [5.41, 5.74) is 0. The van der Waals surface area contributed by atoms with Crippen LogP contribution in [0.4, 0.5) is 0 Å². The van der Waals surface area contributed by atoms with Crippen LogP contribution in [-0.2, 0) is 0 Å². The number of nitrogens with one attached hydrogen (secondary N) is 1. The number of rotatable bonds is 6. The van der Waals surface area contributed by atoms with Crippen LogP contribution in [0.25, 0.3) is 0 Å². The molecule has 2 nitrogen and oxygen atoms in total. The van der Waals surface area contributed by atoms with Crippen LogP contribution in [0.1, 0.15) is 39.5 Å². The van der Waals surface area contributed by atoms with Crippen molar-refractivity contribution in [2.24, 2.45) is 5.92 Å². The van der Waals surface area contributed by atoms with E-state index >= 15 is 0 Å². The molecule has 2 N–H and O–H groups in total. The van der Waals surface area contributed by atoms with Crippen molar-refractivity contribution in [3.8, 4) is 0 Å². The third kappa shape index (κ3) is 4.33. The highest BCUT2D eigenvalue weighted by Crippen LogP contribution is 2.30. The van der Waals surface area contributed by atoms with Gasteiger partial charge in [0.25, 0.3) is 0 Å². The Kier molecular flexibility index (Phi) is 6.02. The van der Waals surface area contributed by atoms with Gasteiger partial charge in [0.05, 0.1) is 6.10 Å². The molecule has 4 atom stereocenters. The number of aliphatic hydroxyl groups excluding tert-OH is 1. The highest BCUT2D eigenvalue weighted by molar-refractivity contribution is 7.99. The SMILES string of the molecule is CNC1CCCC1CCSC(C)C(C)O. The fraction of sp³-hybridized carbons (Fsp3) is 1.00. The van der Waals surface area contributed by atoms with E-state index in [0.29, 0.717) is 5.25 Å². The smallest absolute Gasteiger partial charge is 0.0627 e. The van der Waals surface area contributed by atoms with E-state index in [-0.39, 0.29) is 6.10 Å². The molecule has 4 unspecified atom stereocenters. The zero-order chi connectivity index (χ0) is 11.3. The molecule has 1 aliphatic rings. The molecule has 0 radical (unpaired) electrons. The van der Waals surface area contributed by atoms with Crippen molar-refractivity contribution in [3.05, 3.63) is 0 Å². The first kappa shape index (κ1) is 13.3. The van der Waals surface area contributed by atoms with Crippen LogP contribution in [-0.4, -0.2) is 35.3 Å². The van der Waals surface area contributed by atoms with Gasteiger partial charge in [-0.2, -0.15) is 11.8 Å². The Morgan fingerprint density at radius 3 is 2.73 bits per heavy atom. The van der Waals surface area contributed by atoms with Crippen LogP contribution in [0.2, 0.25) is 0 Å². The summed E-state index contributed by atoms with van der Waals surface area (Å²) in [6.45, 7) is 3.99. The third-order valence-corrected chi connectivity index (χ3v) is 4.97. The predicted octanol–water partition coefficient (Wildman–Crippen LogP) is 2.27. The molecule has 0 amide bonds. The lowest BCUT2D eigenvalue weighted by atomic mass is 10.0. The Hall–Kier alpha value is 0.270. The van der Waals surface area contributed by atoms with E-state index in [1.165, 1.54) is 31.4 Å². The molecule has 0 heterocycles. The molecule has 3 heteroatoms. The van der Waals surface area contributed by atoms with E-state index in [4.69, 9.17) is 0 Å². The summed E-state index contributed by atoms with van der Waals surface area (Å²) in [5.74, 6) is 2.05. The van der Waals surface area contributed by atoms with Gasteiger partial charge < -0.3 is 10.4 Å². The maximum atomic E-state index is 9.38. The summed E-state index contributed by atoms with van der Waals surface area (Å²) < 4.78 is 0. The van der Waals surface area contributed by atoms with Gasteiger partial charge in [0.1, 0.15) is 0 Å². The van der Waals surface area contributed by atoms with Crippen LogP contribution >= 0.6 is 11.8 Å². The highest BCUT2D eigenvalue weighted by atomic mass is 32.2. The molecule has 0 aromatic carbocycles. The molecular weight excluding hydrogens is 206 g/mol. The normalized spacial score (nSPS) is 30.4. The van der Waals surface area contributed by atoms with Gasteiger partial charge in [-0.25, -0.2) is 0 Å². The average molecular weight is 231 g/mol. The zero-order valence-electron chi connectivity index (χ0n) is 10.2. The number of thioether (sulfide) groups is 1. The molecule has 15 heavy (non-hydrogen) atoms. The van der Waals surface area contributed by atoms with Crippen molar-refractivity contribution in [1.29, 1.82) is 0 Å². The van der Waals surface area contributed by atoms with E-state index in [1.54, 1.807) is 0 Å². The first-order valence-electron chi connectivity index (χ1n) is 6.12. The molecule has 0 aromatic rings. The van der Waals surface area contributed by atoms with E-state index in [0.717, 1.165) is 12.0 Å². The third-order valence-electron chi connectivity index (χ3n) is 3.58. The summed E-state index contributed by atoms with van der Waals surface area (Å²) in [4.78, 5) is 0. The van der Waals surface area contributed by atoms with Gasteiger partial charge in [0, 0.05) is 11.3 Å². The van der Waals surface area contributed by atoms with Crippen molar-refractivity contribution in [1.82, 2.24) is 5.32 Å². The molecule has 0 bridgehead atoms. The monoisotopic (exact) mass is 231 g/mol. The quantitative estimate of drug-likeness (QED) is 0.735. The molecule has 0 saturated heterocycles. The standard InChI is InChI=1S/C12H25NOS/c1-9(14)10(2)15-8-7-11-5-4-6-12(11)13-3/h9-14H,4-8H2,1-3H3. The Balaban J connectivity index is 2.14. The van der Waals surface area contributed by atoms with Gasteiger partial charge in [-0.1, -0.05) is 13.3 Å². The largest absolute Gasteiger partial charge is 0.392 e. The maximum Gasteiger partial charge on any atom is 0.0627 e. The molecule has 1 rings (SSSR count). The first-order chi connectivity index (χ1) is 7.15. The molecule has 0 aliphatic heterocycles. The fourth-order valence-electron chi connectivity index (χ4n) is 2.31. The van der Waals surface area contributed by atoms with E-state index in [9.17, 15) is 5.11 Å². The number of aliphatic hydroxyl groups is 1. The van der Waals surface area contributed by atoms with Crippen LogP contribution in [0.15, 0.2) is 0 Å². The first-order valence-corrected chi connectivity index (χ1v) is 7.17. The van der Waals surface area contributed by atoms with Gasteiger partial charge in [-0.15, -0.1) is 0 Å². The van der Waals surface area contributed by atoms with Crippen molar-refractivity contribution >= 4 is 11.8 Å². The lowest BCUT2D eigenvalue weighted by Gasteiger charge is -2.20. The lowest BCUT2D eigenvalue weighted by Crippen LogP contribution is -2.29. The van der Waals surface area contributed by atoms with Crippen LogP contribution in [0.5, 0.6) is 0 Å². The Morgan fingerprint density at radius 1 is 1.40 bits per heavy atom. The summed E-state index contributed by atoms with van der Waals surface area (Å²) in [7, 11) is 2.08. The molecule has 0 spiro atoms. The molecular formula is C12H25NOS. The Bertz CT molecular complexity index is 175. The molecule has 0 aromatic heterocycles. The average Bonchev–Trinajstić information content (AvgIpc) is 2.65.